The summed E-state index contributed by atoms with van der Waals surface area (Å²) < 4.78 is 45.4. The summed E-state index contributed by atoms with van der Waals surface area (Å²) in [5.74, 6) is -3.48. The molecular weight excluding hydrogens is 335 g/mol. The van der Waals surface area contributed by atoms with Crippen LogP contribution >= 0.6 is 0 Å². The van der Waals surface area contributed by atoms with Gasteiger partial charge >= 0.3 is 5.97 Å². The molecular formula is C18H14F3NO3. The Labute approximate surface area is 142 Å². The number of methoxy groups -OCH3 is 1. The molecule has 0 N–H and O–H groups in total. The first-order valence-electron chi connectivity index (χ1n) is 7.22. The van der Waals surface area contributed by atoms with Gasteiger partial charge in [0.25, 0.3) is 0 Å². The van der Waals surface area contributed by atoms with E-state index in [4.69, 9.17) is 0 Å². The van der Waals surface area contributed by atoms with Crippen molar-refractivity contribution in [2.24, 2.45) is 4.99 Å². The molecule has 0 unspecified atom stereocenters. The Hall–Kier alpha value is -2.96. The van der Waals surface area contributed by atoms with E-state index in [0.717, 1.165) is 37.6 Å². The van der Waals surface area contributed by atoms with Crippen molar-refractivity contribution in [3.63, 3.8) is 0 Å². The highest BCUT2D eigenvalue weighted by Crippen LogP contribution is 2.27. The van der Waals surface area contributed by atoms with E-state index >= 15 is 0 Å². The number of allylic oxidation sites excluding steroid dienone is 6. The third-order valence-electron chi connectivity index (χ3n) is 3.38. The monoisotopic (exact) mass is 349 g/mol. The number of halogens is 3. The lowest BCUT2D eigenvalue weighted by atomic mass is 10.0. The Kier molecular flexibility index (Phi) is 5.69. The van der Waals surface area contributed by atoms with Gasteiger partial charge < -0.3 is 4.74 Å². The molecule has 2 rings (SSSR count). The molecule has 0 heterocycles. The maximum atomic E-state index is 13.9. The first kappa shape index (κ1) is 18.4. The molecule has 1 aromatic carbocycles. The molecule has 0 aliphatic heterocycles. The van der Waals surface area contributed by atoms with Crippen LogP contribution in [0.1, 0.15) is 34.1 Å². The fraction of sp³-hybridized carbons (Fsp3) is 0.167. The molecule has 0 amide bonds. The number of hydrogen-bond acceptors (Lipinski definition) is 4. The van der Waals surface area contributed by atoms with E-state index in [-0.39, 0.29) is 28.8 Å². The van der Waals surface area contributed by atoms with Gasteiger partial charge in [0.2, 0.25) is 0 Å². The predicted molar refractivity (Wildman–Crippen MR) is 87.0 cm³/mol. The Morgan fingerprint density at radius 2 is 1.92 bits per heavy atom. The van der Waals surface area contributed by atoms with Crippen molar-refractivity contribution in [3.8, 4) is 0 Å². The summed E-state index contributed by atoms with van der Waals surface area (Å²) in [6.07, 6.45) is 4.13. The SMILES string of the molecule is COC(=O)c1cc(F)cc(/N=C/C2=CC=C(F)CC=C2F)c1C(C)=O. The van der Waals surface area contributed by atoms with Crippen molar-refractivity contribution in [1.82, 2.24) is 0 Å². The van der Waals surface area contributed by atoms with Crippen LogP contribution in [0.25, 0.3) is 0 Å². The number of Topliss-reactive ketones (excluding diaryl/α,β-unsaturated/α-hetero) is 1. The molecule has 0 spiro atoms. The van der Waals surface area contributed by atoms with E-state index in [2.05, 4.69) is 9.73 Å². The molecule has 0 atom stereocenters. The highest BCUT2D eigenvalue weighted by Gasteiger charge is 2.20. The van der Waals surface area contributed by atoms with E-state index in [1.807, 2.05) is 0 Å². The fourth-order valence-corrected chi connectivity index (χ4v) is 2.21. The lowest BCUT2D eigenvalue weighted by Crippen LogP contribution is -2.09. The number of ketones is 1. The van der Waals surface area contributed by atoms with E-state index in [1.54, 1.807) is 0 Å². The maximum absolute atomic E-state index is 13.9. The second kappa shape index (κ2) is 7.74. The third-order valence-corrected chi connectivity index (χ3v) is 3.38. The van der Waals surface area contributed by atoms with E-state index in [1.165, 1.54) is 13.0 Å². The van der Waals surface area contributed by atoms with Crippen LogP contribution in [-0.2, 0) is 4.74 Å². The van der Waals surface area contributed by atoms with Crippen LogP contribution in [0, 0.1) is 5.82 Å². The number of ether oxygens (including phenoxy) is 1. The normalized spacial score (nSPS) is 14.5. The Balaban J connectivity index is 2.54. The van der Waals surface area contributed by atoms with Crippen LogP contribution in [0.3, 0.4) is 0 Å². The Morgan fingerprint density at radius 3 is 2.56 bits per heavy atom. The van der Waals surface area contributed by atoms with Gasteiger partial charge in [0.1, 0.15) is 17.5 Å². The van der Waals surface area contributed by atoms with E-state index in [0.29, 0.717) is 0 Å². The summed E-state index contributed by atoms with van der Waals surface area (Å²) in [4.78, 5) is 27.5. The number of nitrogens with zero attached hydrogens (tertiary/aromatic N) is 1. The van der Waals surface area contributed by atoms with Gasteiger partial charge in [-0.2, -0.15) is 0 Å². The van der Waals surface area contributed by atoms with Crippen LogP contribution in [0.4, 0.5) is 18.9 Å². The fourth-order valence-electron chi connectivity index (χ4n) is 2.21. The molecule has 4 nitrogen and oxygen atoms in total. The molecule has 25 heavy (non-hydrogen) atoms. The van der Waals surface area contributed by atoms with Gasteiger partial charge in [0.15, 0.2) is 5.78 Å². The number of rotatable bonds is 4. The average Bonchev–Trinajstić information content (AvgIpc) is 2.73. The summed E-state index contributed by atoms with van der Waals surface area (Å²) >= 11 is 0. The molecule has 1 aliphatic carbocycles. The lowest BCUT2D eigenvalue weighted by molar-refractivity contribution is 0.0596. The molecule has 0 aromatic heterocycles. The van der Waals surface area contributed by atoms with Crippen LogP contribution in [-0.4, -0.2) is 25.1 Å². The molecule has 0 saturated heterocycles. The summed E-state index contributed by atoms with van der Waals surface area (Å²) in [5, 5.41) is 0. The topological polar surface area (TPSA) is 55.7 Å². The van der Waals surface area contributed by atoms with Gasteiger partial charge in [-0.1, -0.05) is 0 Å². The smallest absolute Gasteiger partial charge is 0.338 e. The van der Waals surface area contributed by atoms with Crippen molar-refractivity contribution >= 4 is 23.7 Å². The third kappa shape index (κ3) is 4.32. The van der Waals surface area contributed by atoms with Crippen molar-refractivity contribution < 1.29 is 27.5 Å². The summed E-state index contributed by atoms with van der Waals surface area (Å²) in [5.41, 5.74) is -0.634. The number of benzene rings is 1. The summed E-state index contributed by atoms with van der Waals surface area (Å²) in [6, 6.07) is 1.81. The van der Waals surface area contributed by atoms with Gasteiger partial charge in [-0.15, -0.1) is 0 Å². The molecule has 1 aliphatic rings. The van der Waals surface area contributed by atoms with Crippen LogP contribution in [0.15, 0.2) is 52.6 Å². The van der Waals surface area contributed by atoms with Gasteiger partial charge in [-0.25, -0.2) is 18.0 Å². The number of carbonyl (C=O) groups excluding carboxylic acids is 2. The van der Waals surface area contributed by atoms with E-state index in [9.17, 15) is 22.8 Å². The standard InChI is InChI=1S/C18H14F3NO3/c1-10(23)17-14(18(24)25-2)7-13(20)8-16(17)22-9-11-3-4-12(19)5-6-15(11)21/h3-4,6-9H,5H2,1-2H3/b22-9+. The van der Waals surface area contributed by atoms with Gasteiger partial charge in [-0.05, 0) is 31.2 Å². The number of aliphatic imine (C=N–C) groups is 1. The van der Waals surface area contributed by atoms with Crippen molar-refractivity contribution in [2.75, 3.05) is 7.11 Å². The van der Waals surface area contributed by atoms with Crippen LogP contribution < -0.4 is 0 Å². The van der Waals surface area contributed by atoms with Crippen LogP contribution in [0.2, 0.25) is 0 Å². The molecule has 0 radical (unpaired) electrons. The number of carbonyl (C=O) groups is 2. The molecule has 0 saturated carbocycles. The largest absolute Gasteiger partial charge is 0.465 e. The Morgan fingerprint density at radius 1 is 1.20 bits per heavy atom. The zero-order valence-corrected chi connectivity index (χ0v) is 13.5. The van der Waals surface area contributed by atoms with Crippen molar-refractivity contribution in [3.05, 3.63) is 64.5 Å². The van der Waals surface area contributed by atoms with Crippen molar-refractivity contribution in [2.45, 2.75) is 13.3 Å². The van der Waals surface area contributed by atoms with Crippen LogP contribution in [0.5, 0.6) is 0 Å². The van der Waals surface area contributed by atoms with Crippen molar-refractivity contribution in [1.29, 1.82) is 0 Å². The minimum absolute atomic E-state index is 0.0500. The molecule has 1 aromatic rings. The molecule has 0 bridgehead atoms. The summed E-state index contributed by atoms with van der Waals surface area (Å²) in [7, 11) is 1.09. The highest BCUT2D eigenvalue weighted by molar-refractivity contribution is 6.09. The molecule has 130 valence electrons. The quantitative estimate of drug-likeness (QED) is 0.455. The van der Waals surface area contributed by atoms with E-state index < -0.39 is 29.2 Å². The zero-order chi connectivity index (χ0) is 18.6. The summed E-state index contributed by atoms with van der Waals surface area (Å²) in [6.45, 7) is 1.18. The minimum atomic E-state index is -0.897. The zero-order valence-electron chi connectivity index (χ0n) is 13.5. The Bertz CT molecular complexity index is 851. The van der Waals surface area contributed by atoms with Gasteiger partial charge in [0.05, 0.1) is 23.9 Å². The second-order valence-electron chi connectivity index (χ2n) is 5.15. The number of hydrogen-bond donors (Lipinski definition) is 0. The van der Waals surface area contributed by atoms with Gasteiger partial charge in [0, 0.05) is 24.3 Å². The highest BCUT2D eigenvalue weighted by atomic mass is 19.1. The second-order valence-corrected chi connectivity index (χ2v) is 5.15. The van der Waals surface area contributed by atoms with Gasteiger partial charge in [-0.3, -0.25) is 9.79 Å². The lowest BCUT2D eigenvalue weighted by Gasteiger charge is -2.09. The minimum Gasteiger partial charge on any atom is -0.465 e. The maximum Gasteiger partial charge on any atom is 0.338 e. The molecule has 0 fully saturated rings. The first-order chi connectivity index (χ1) is 11.8. The number of esters is 1. The average molecular weight is 349 g/mol. The molecule has 7 heteroatoms. The first-order valence-corrected chi connectivity index (χ1v) is 7.22. The predicted octanol–water partition coefficient (Wildman–Crippen LogP) is 4.55.